The number of aromatic hydroxyl groups is 1. The van der Waals surface area contributed by atoms with E-state index < -0.39 is 11.8 Å². The van der Waals surface area contributed by atoms with Gasteiger partial charge in [0, 0.05) is 5.39 Å². The first kappa shape index (κ1) is 9.45. The highest BCUT2D eigenvalue weighted by molar-refractivity contribution is 6.00. The lowest BCUT2D eigenvalue weighted by atomic mass is 10.1. The fourth-order valence-electron chi connectivity index (χ4n) is 1.46. The molecule has 2 aromatic rings. The first-order valence-corrected chi connectivity index (χ1v) is 4.24. The van der Waals surface area contributed by atoms with Gasteiger partial charge in [-0.2, -0.15) is 0 Å². The van der Waals surface area contributed by atoms with Crippen LogP contribution in [-0.2, 0) is 0 Å². The van der Waals surface area contributed by atoms with Crippen LogP contribution in [0.2, 0.25) is 0 Å². The maximum Gasteiger partial charge on any atom is 0.339 e. The summed E-state index contributed by atoms with van der Waals surface area (Å²) in [5.74, 6) is -1.97. The van der Waals surface area contributed by atoms with Crippen LogP contribution in [0.15, 0.2) is 30.3 Å². The van der Waals surface area contributed by atoms with E-state index in [0.29, 0.717) is 10.8 Å². The molecule has 2 N–H and O–H groups in total. The summed E-state index contributed by atoms with van der Waals surface area (Å²) in [4.78, 5) is 10.7. The number of carboxylic acids is 1. The molecule has 0 aliphatic rings. The summed E-state index contributed by atoms with van der Waals surface area (Å²) in [5.41, 5.74) is -0.186. The fraction of sp³-hybridized carbons (Fsp3) is 0. The molecule has 2 aromatic carbocycles. The molecule has 0 fully saturated rings. The van der Waals surface area contributed by atoms with Crippen molar-refractivity contribution in [2.45, 2.75) is 0 Å². The highest BCUT2D eigenvalue weighted by Gasteiger charge is 2.12. The van der Waals surface area contributed by atoms with Crippen LogP contribution in [0.3, 0.4) is 0 Å². The second-order valence-corrected chi connectivity index (χ2v) is 3.13. The van der Waals surface area contributed by atoms with Crippen LogP contribution < -0.4 is 0 Å². The number of rotatable bonds is 1. The zero-order valence-electron chi connectivity index (χ0n) is 7.57. The van der Waals surface area contributed by atoms with Gasteiger partial charge in [0.2, 0.25) is 0 Å². The molecule has 0 radical (unpaired) electrons. The molecular weight excluding hydrogens is 199 g/mol. The summed E-state index contributed by atoms with van der Waals surface area (Å²) in [5, 5.41) is 19.2. The molecule has 0 saturated heterocycles. The van der Waals surface area contributed by atoms with Crippen molar-refractivity contribution in [2.75, 3.05) is 0 Å². The second kappa shape index (κ2) is 3.24. The SMILES string of the molecule is O=C(O)c1ccc2cc(F)ccc2c1O. The lowest BCUT2D eigenvalue weighted by Crippen LogP contribution is -1.96. The molecule has 0 amide bonds. The predicted molar refractivity (Wildman–Crippen MR) is 52.5 cm³/mol. The maximum absolute atomic E-state index is 12.8. The lowest BCUT2D eigenvalue weighted by molar-refractivity contribution is 0.0694. The molecule has 0 saturated carbocycles. The van der Waals surface area contributed by atoms with Crippen molar-refractivity contribution in [3.8, 4) is 5.75 Å². The maximum atomic E-state index is 12.8. The summed E-state index contributed by atoms with van der Waals surface area (Å²) in [7, 11) is 0. The highest BCUT2D eigenvalue weighted by atomic mass is 19.1. The van der Waals surface area contributed by atoms with Crippen LogP contribution in [0.4, 0.5) is 4.39 Å². The van der Waals surface area contributed by atoms with Gasteiger partial charge in [-0.3, -0.25) is 0 Å². The summed E-state index contributed by atoms with van der Waals surface area (Å²) in [6.45, 7) is 0. The third-order valence-corrected chi connectivity index (χ3v) is 2.18. The van der Waals surface area contributed by atoms with Crippen LogP contribution in [0, 0.1) is 5.82 Å². The van der Waals surface area contributed by atoms with Crippen molar-refractivity contribution >= 4 is 16.7 Å². The Labute approximate surface area is 84.4 Å². The Morgan fingerprint density at radius 2 is 1.93 bits per heavy atom. The third kappa shape index (κ3) is 1.50. The minimum absolute atomic E-state index is 0.186. The van der Waals surface area contributed by atoms with E-state index in [1.54, 1.807) is 0 Å². The molecule has 0 atom stereocenters. The van der Waals surface area contributed by atoms with Gasteiger partial charge in [-0.15, -0.1) is 0 Å². The summed E-state index contributed by atoms with van der Waals surface area (Å²) < 4.78 is 12.8. The number of halogens is 1. The molecule has 0 unspecified atom stereocenters. The van der Waals surface area contributed by atoms with Crippen molar-refractivity contribution in [3.63, 3.8) is 0 Å². The van der Waals surface area contributed by atoms with Crippen LogP contribution in [0.25, 0.3) is 10.8 Å². The average molecular weight is 206 g/mol. The lowest BCUT2D eigenvalue weighted by Gasteiger charge is -2.04. The minimum Gasteiger partial charge on any atom is -0.506 e. The Balaban J connectivity index is 2.80. The molecule has 4 heteroatoms. The number of benzene rings is 2. The molecule has 76 valence electrons. The van der Waals surface area contributed by atoms with Crippen LogP contribution in [0.1, 0.15) is 10.4 Å². The van der Waals surface area contributed by atoms with E-state index in [1.807, 2.05) is 0 Å². The van der Waals surface area contributed by atoms with E-state index in [9.17, 15) is 14.3 Å². The number of phenols is 1. The van der Waals surface area contributed by atoms with Gasteiger partial charge >= 0.3 is 5.97 Å². The van der Waals surface area contributed by atoms with E-state index in [1.165, 1.54) is 30.3 Å². The number of carboxylic acid groups (broad SMARTS) is 1. The number of hydrogen-bond acceptors (Lipinski definition) is 2. The van der Waals surface area contributed by atoms with Gasteiger partial charge in [0.05, 0.1) is 0 Å². The third-order valence-electron chi connectivity index (χ3n) is 2.18. The number of aromatic carboxylic acids is 1. The number of fused-ring (bicyclic) bond motifs is 1. The summed E-state index contributed by atoms with van der Waals surface area (Å²) in [6.07, 6.45) is 0. The van der Waals surface area contributed by atoms with E-state index in [2.05, 4.69) is 0 Å². The molecule has 0 aliphatic carbocycles. The van der Waals surface area contributed by atoms with E-state index >= 15 is 0 Å². The average Bonchev–Trinajstić information content (AvgIpc) is 2.17. The van der Waals surface area contributed by atoms with Gasteiger partial charge in [0.15, 0.2) is 0 Å². The van der Waals surface area contributed by atoms with Gasteiger partial charge in [-0.25, -0.2) is 9.18 Å². The molecule has 0 bridgehead atoms. The Kier molecular flexibility index (Phi) is 2.04. The standard InChI is InChI=1S/C11H7FO3/c12-7-2-4-8-6(5-7)1-3-9(10(8)13)11(14)15/h1-5,13H,(H,14,15). The molecule has 15 heavy (non-hydrogen) atoms. The number of hydrogen-bond donors (Lipinski definition) is 2. The highest BCUT2D eigenvalue weighted by Crippen LogP contribution is 2.28. The minimum atomic E-state index is -1.21. The van der Waals surface area contributed by atoms with Crippen molar-refractivity contribution in [2.24, 2.45) is 0 Å². The Hall–Kier alpha value is -2.10. The first-order valence-electron chi connectivity index (χ1n) is 4.24. The second-order valence-electron chi connectivity index (χ2n) is 3.13. The zero-order valence-corrected chi connectivity index (χ0v) is 7.57. The van der Waals surface area contributed by atoms with Crippen molar-refractivity contribution in [1.29, 1.82) is 0 Å². The molecular formula is C11H7FO3. The van der Waals surface area contributed by atoms with Crippen molar-refractivity contribution in [3.05, 3.63) is 41.7 Å². The van der Waals surface area contributed by atoms with E-state index in [4.69, 9.17) is 5.11 Å². The molecule has 0 aliphatic heterocycles. The normalized spacial score (nSPS) is 10.5. The van der Waals surface area contributed by atoms with E-state index in [-0.39, 0.29) is 11.3 Å². The van der Waals surface area contributed by atoms with Gasteiger partial charge in [0.1, 0.15) is 17.1 Å². The zero-order chi connectivity index (χ0) is 11.0. The topological polar surface area (TPSA) is 57.5 Å². The Morgan fingerprint density at radius 3 is 2.60 bits per heavy atom. The Bertz CT molecular complexity index is 549. The van der Waals surface area contributed by atoms with Crippen LogP contribution >= 0.6 is 0 Å². The molecule has 0 heterocycles. The van der Waals surface area contributed by atoms with Gasteiger partial charge in [-0.05, 0) is 29.7 Å². The van der Waals surface area contributed by atoms with Gasteiger partial charge < -0.3 is 10.2 Å². The number of carbonyl (C=O) groups is 1. The summed E-state index contributed by atoms with van der Waals surface area (Å²) in [6, 6.07) is 6.47. The van der Waals surface area contributed by atoms with Crippen molar-refractivity contribution < 1.29 is 19.4 Å². The molecule has 0 spiro atoms. The van der Waals surface area contributed by atoms with Gasteiger partial charge in [-0.1, -0.05) is 6.07 Å². The predicted octanol–water partition coefficient (Wildman–Crippen LogP) is 2.38. The largest absolute Gasteiger partial charge is 0.506 e. The monoisotopic (exact) mass is 206 g/mol. The van der Waals surface area contributed by atoms with Crippen LogP contribution in [-0.4, -0.2) is 16.2 Å². The van der Waals surface area contributed by atoms with E-state index in [0.717, 1.165) is 0 Å². The van der Waals surface area contributed by atoms with Crippen LogP contribution in [0.5, 0.6) is 5.75 Å². The molecule has 0 aromatic heterocycles. The smallest absolute Gasteiger partial charge is 0.339 e. The van der Waals surface area contributed by atoms with Gasteiger partial charge in [0.25, 0.3) is 0 Å². The Morgan fingerprint density at radius 1 is 1.20 bits per heavy atom. The fourth-order valence-corrected chi connectivity index (χ4v) is 1.46. The molecule has 2 rings (SSSR count). The van der Waals surface area contributed by atoms with Crippen molar-refractivity contribution in [1.82, 2.24) is 0 Å². The quantitative estimate of drug-likeness (QED) is 0.753. The summed E-state index contributed by atoms with van der Waals surface area (Å²) >= 11 is 0. The molecule has 3 nitrogen and oxygen atoms in total. The first-order chi connectivity index (χ1) is 7.09.